The van der Waals surface area contributed by atoms with Crippen molar-refractivity contribution >= 4 is 22.7 Å². The fourth-order valence-corrected chi connectivity index (χ4v) is 8.28. The number of piperazine rings is 1. The number of aromatic nitrogens is 2. The lowest BCUT2D eigenvalue weighted by Crippen LogP contribution is -2.57. The monoisotopic (exact) mass is 630 g/mol. The summed E-state index contributed by atoms with van der Waals surface area (Å²) in [6.07, 6.45) is 11.8. The standard InChI is InChI=1S/C37H51FN6O2/c1-7-33(28-17-31(18-28)42-14-12-41(13-15-42)26(5)45)43-11-10-27(22-43)16-29-23-44(35-21-39-20-25(4)36(29)35)34-9-8-30(38)19-32(34)37(46)40(6)24(2)3/h8-9,19-21,23-24,27-28,31,33H,7,10-18,22H2,1-6H3/t27-,28?,31?,33?/m0/s1. The number of halogens is 1. The minimum Gasteiger partial charge on any atom is -0.340 e. The smallest absolute Gasteiger partial charge is 0.256 e. The molecule has 0 N–H and O–H groups in total. The molecule has 8 nitrogen and oxygen atoms in total. The molecule has 2 amide bonds. The number of aryl methyl sites for hydroxylation is 1. The minimum atomic E-state index is -0.417. The lowest BCUT2D eigenvalue weighted by atomic mass is 9.73. The first-order chi connectivity index (χ1) is 22.0. The van der Waals surface area contributed by atoms with Gasteiger partial charge < -0.3 is 14.4 Å². The number of likely N-dealkylation sites (tertiary alicyclic amines) is 1. The predicted molar refractivity (Wildman–Crippen MR) is 181 cm³/mol. The van der Waals surface area contributed by atoms with E-state index in [1.54, 1.807) is 24.9 Å². The zero-order chi connectivity index (χ0) is 32.7. The second kappa shape index (κ2) is 13.4. The Balaban J connectivity index is 1.17. The number of fused-ring (bicyclic) bond motifs is 1. The van der Waals surface area contributed by atoms with Gasteiger partial charge in [-0.2, -0.15) is 0 Å². The summed E-state index contributed by atoms with van der Waals surface area (Å²) in [4.78, 5) is 38.7. The molecule has 3 aromatic rings. The van der Waals surface area contributed by atoms with Crippen LogP contribution in [-0.4, -0.2) is 105 Å². The lowest BCUT2D eigenvalue weighted by molar-refractivity contribution is -0.131. The number of hydrogen-bond donors (Lipinski definition) is 0. The molecule has 6 rings (SSSR count). The molecule has 0 spiro atoms. The molecular formula is C37H51FN6O2. The Morgan fingerprint density at radius 1 is 1.09 bits per heavy atom. The van der Waals surface area contributed by atoms with E-state index >= 15 is 0 Å². The summed E-state index contributed by atoms with van der Waals surface area (Å²) in [7, 11) is 1.77. The molecule has 0 radical (unpaired) electrons. The maximum Gasteiger partial charge on any atom is 0.256 e. The zero-order valence-electron chi connectivity index (χ0n) is 28.5. The normalized spacial score (nSPS) is 23.2. The van der Waals surface area contributed by atoms with Crippen LogP contribution in [0.15, 0.2) is 36.8 Å². The molecule has 248 valence electrons. The molecule has 3 aliphatic rings. The van der Waals surface area contributed by atoms with Crippen LogP contribution in [0.3, 0.4) is 0 Å². The number of rotatable bonds is 9. The number of pyridine rings is 1. The van der Waals surface area contributed by atoms with E-state index in [4.69, 9.17) is 0 Å². The van der Waals surface area contributed by atoms with Crippen molar-refractivity contribution in [3.63, 3.8) is 0 Å². The molecule has 9 heteroatoms. The van der Waals surface area contributed by atoms with Crippen LogP contribution >= 0.6 is 0 Å². The first-order valence-corrected chi connectivity index (χ1v) is 17.3. The highest BCUT2D eigenvalue weighted by molar-refractivity contribution is 5.99. The van der Waals surface area contributed by atoms with Crippen LogP contribution in [0, 0.1) is 24.6 Å². The van der Waals surface area contributed by atoms with Gasteiger partial charge in [-0.25, -0.2) is 4.39 Å². The highest BCUT2D eigenvalue weighted by Gasteiger charge is 2.42. The molecule has 4 heterocycles. The maximum absolute atomic E-state index is 14.5. The van der Waals surface area contributed by atoms with Gasteiger partial charge in [0.15, 0.2) is 0 Å². The fourth-order valence-electron chi connectivity index (χ4n) is 8.28. The van der Waals surface area contributed by atoms with Crippen LogP contribution in [0.25, 0.3) is 16.6 Å². The Morgan fingerprint density at radius 3 is 2.50 bits per heavy atom. The highest BCUT2D eigenvalue weighted by atomic mass is 19.1. The topological polar surface area (TPSA) is 64.9 Å². The van der Waals surface area contributed by atoms with Gasteiger partial charge in [-0.05, 0) is 101 Å². The third kappa shape index (κ3) is 6.33. The van der Waals surface area contributed by atoms with Gasteiger partial charge in [0.1, 0.15) is 5.82 Å². The van der Waals surface area contributed by atoms with Crippen molar-refractivity contribution in [1.29, 1.82) is 0 Å². The van der Waals surface area contributed by atoms with E-state index in [2.05, 4.69) is 39.4 Å². The van der Waals surface area contributed by atoms with Crippen LogP contribution < -0.4 is 0 Å². The molecule has 1 unspecified atom stereocenters. The van der Waals surface area contributed by atoms with Gasteiger partial charge in [0.2, 0.25) is 5.91 Å². The van der Waals surface area contributed by atoms with E-state index in [0.29, 0.717) is 29.3 Å². The predicted octanol–water partition coefficient (Wildman–Crippen LogP) is 5.54. The molecule has 2 saturated heterocycles. The first-order valence-electron chi connectivity index (χ1n) is 17.3. The summed E-state index contributed by atoms with van der Waals surface area (Å²) in [6.45, 7) is 16.0. The Bertz CT molecular complexity index is 1570. The summed E-state index contributed by atoms with van der Waals surface area (Å²) in [5.74, 6) is 0.884. The second-order valence-electron chi connectivity index (χ2n) is 14.3. The van der Waals surface area contributed by atoms with Crippen LogP contribution in [0.4, 0.5) is 4.39 Å². The number of benzene rings is 1. The lowest BCUT2D eigenvalue weighted by Gasteiger charge is -2.50. The number of carbonyl (C=O) groups is 2. The quantitative estimate of drug-likeness (QED) is 0.311. The molecule has 1 saturated carbocycles. The summed E-state index contributed by atoms with van der Waals surface area (Å²) in [6, 6.07) is 5.81. The Hall–Kier alpha value is -3.30. The van der Waals surface area contributed by atoms with E-state index in [1.165, 1.54) is 48.8 Å². The minimum absolute atomic E-state index is 0.00366. The second-order valence-corrected chi connectivity index (χ2v) is 14.3. The van der Waals surface area contributed by atoms with Crippen LogP contribution in [-0.2, 0) is 11.2 Å². The molecule has 3 fully saturated rings. The van der Waals surface area contributed by atoms with Crippen molar-refractivity contribution in [2.24, 2.45) is 11.8 Å². The highest BCUT2D eigenvalue weighted by Crippen LogP contribution is 2.40. The molecule has 2 aliphatic heterocycles. The summed E-state index contributed by atoms with van der Waals surface area (Å²) in [5, 5.41) is 1.19. The van der Waals surface area contributed by atoms with Crippen molar-refractivity contribution in [2.45, 2.75) is 84.8 Å². The Kier molecular flexibility index (Phi) is 9.53. The van der Waals surface area contributed by atoms with Gasteiger partial charge >= 0.3 is 0 Å². The van der Waals surface area contributed by atoms with Crippen molar-refractivity contribution in [2.75, 3.05) is 46.3 Å². The summed E-state index contributed by atoms with van der Waals surface area (Å²) >= 11 is 0. The summed E-state index contributed by atoms with van der Waals surface area (Å²) < 4.78 is 16.6. The van der Waals surface area contributed by atoms with E-state index in [-0.39, 0.29) is 17.9 Å². The third-order valence-electron chi connectivity index (χ3n) is 11.2. The van der Waals surface area contributed by atoms with Crippen LogP contribution in [0.5, 0.6) is 0 Å². The number of carbonyl (C=O) groups excluding carboxylic acids is 2. The number of amides is 2. The van der Waals surface area contributed by atoms with E-state index < -0.39 is 5.82 Å². The zero-order valence-corrected chi connectivity index (χ0v) is 28.5. The fraction of sp³-hybridized carbons (Fsp3) is 0.595. The van der Waals surface area contributed by atoms with Gasteiger partial charge in [-0.15, -0.1) is 0 Å². The van der Waals surface area contributed by atoms with Gasteiger partial charge in [0.25, 0.3) is 5.91 Å². The van der Waals surface area contributed by atoms with Crippen molar-refractivity contribution < 1.29 is 14.0 Å². The molecule has 1 aromatic carbocycles. The van der Waals surface area contributed by atoms with E-state index in [9.17, 15) is 14.0 Å². The van der Waals surface area contributed by atoms with Gasteiger partial charge in [0.05, 0.1) is 23.0 Å². The molecule has 46 heavy (non-hydrogen) atoms. The van der Waals surface area contributed by atoms with Gasteiger partial charge in [0, 0.05) is 82.6 Å². The maximum atomic E-state index is 14.5. The molecule has 2 aromatic heterocycles. The molecular weight excluding hydrogens is 579 g/mol. The molecule has 1 aliphatic carbocycles. The van der Waals surface area contributed by atoms with E-state index in [1.807, 2.05) is 31.1 Å². The Labute approximate surface area is 273 Å². The molecule has 0 bridgehead atoms. The number of hydrogen-bond acceptors (Lipinski definition) is 5. The van der Waals surface area contributed by atoms with E-state index in [0.717, 1.165) is 62.7 Å². The van der Waals surface area contributed by atoms with Crippen LogP contribution in [0.1, 0.15) is 74.9 Å². The van der Waals surface area contributed by atoms with Crippen LogP contribution in [0.2, 0.25) is 0 Å². The van der Waals surface area contributed by atoms with Gasteiger partial charge in [-0.3, -0.25) is 24.4 Å². The van der Waals surface area contributed by atoms with Crippen molar-refractivity contribution in [3.05, 3.63) is 59.3 Å². The largest absolute Gasteiger partial charge is 0.340 e. The average molecular weight is 631 g/mol. The van der Waals surface area contributed by atoms with Crippen molar-refractivity contribution in [3.8, 4) is 5.69 Å². The third-order valence-corrected chi connectivity index (χ3v) is 11.2. The SMILES string of the molecule is CCC(C1CC(N2CCN(C(C)=O)CC2)C1)N1CC[C@@H](Cc2cn(-c3ccc(F)cc3C(=O)N(C)C(C)C)c3cncc(C)c23)C1. The van der Waals surface area contributed by atoms with Crippen molar-refractivity contribution in [1.82, 2.24) is 29.2 Å². The molecule has 2 atom stereocenters. The van der Waals surface area contributed by atoms with Gasteiger partial charge in [-0.1, -0.05) is 6.92 Å². The number of nitrogens with zero attached hydrogens (tertiary/aromatic N) is 6. The first kappa shape index (κ1) is 32.6. The average Bonchev–Trinajstić information content (AvgIpc) is 3.63. The Morgan fingerprint density at radius 2 is 1.83 bits per heavy atom. The summed E-state index contributed by atoms with van der Waals surface area (Å²) in [5.41, 5.74) is 4.38.